The van der Waals surface area contributed by atoms with Crippen LogP contribution in [0.1, 0.15) is 29.7 Å². The maximum Gasteiger partial charge on any atom is 0.266 e. The summed E-state index contributed by atoms with van der Waals surface area (Å²) in [6, 6.07) is 7.08. The highest BCUT2D eigenvalue weighted by Gasteiger charge is 2.51. The average Bonchev–Trinajstić information content (AvgIpc) is 2.83. The summed E-state index contributed by atoms with van der Waals surface area (Å²) in [6.45, 7) is 3.31. The summed E-state index contributed by atoms with van der Waals surface area (Å²) in [5, 5.41) is 0. The lowest BCUT2D eigenvalue weighted by Gasteiger charge is -2.27. The Morgan fingerprint density at radius 1 is 1.11 bits per heavy atom. The molecule has 1 unspecified atom stereocenters. The fourth-order valence-electron chi connectivity index (χ4n) is 3.20. The number of aliphatic imine (C=N–C) groups is 1. The van der Waals surface area contributed by atoms with E-state index in [4.69, 9.17) is 10.5 Å². The molecule has 1 heterocycles. The van der Waals surface area contributed by atoms with Gasteiger partial charge < -0.3 is 10.5 Å². The molecule has 0 aliphatic carbocycles. The first kappa shape index (κ1) is 20.4. The molecule has 2 aromatic rings. The second-order valence-electron chi connectivity index (χ2n) is 6.31. The van der Waals surface area contributed by atoms with Gasteiger partial charge in [0, 0.05) is 18.7 Å². The summed E-state index contributed by atoms with van der Waals surface area (Å²) < 4.78 is 33.8. The monoisotopic (exact) mass is 375 g/mol. The van der Waals surface area contributed by atoms with Crippen molar-refractivity contribution in [2.45, 2.75) is 26.8 Å². The van der Waals surface area contributed by atoms with E-state index < -0.39 is 23.1 Å². The van der Waals surface area contributed by atoms with Crippen LogP contribution in [-0.2, 0) is 10.3 Å². The van der Waals surface area contributed by atoms with Gasteiger partial charge in [-0.15, -0.1) is 0 Å². The van der Waals surface area contributed by atoms with Gasteiger partial charge in [-0.2, -0.15) is 0 Å². The van der Waals surface area contributed by atoms with Gasteiger partial charge in [-0.1, -0.05) is 13.5 Å². The number of likely N-dealkylation sites (N-methyl/N-ethyl adjacent to an activating group) is 1. The van der Waals surface area contributed by atoms with Crippen molar-refractivity contribution in [2.75, 3.05) is 14.2 Å². The van der Waals surface area contributed by atoms with E-state index >= 15 is 0 Å². The van der Waals surface area contributed by atoms with Crippen LogP contribution in [0.15, 0.2) is 35.3 Å². The minimum atomic E-state index is -1.71. The minimum absolute atomic E-state index is 0. The molecule has 0 radical (unpaired) electrons. The topological polar surface area (TPSA) is 67.9 Å². The van der Waals surface area contributed by atoms with Gasteiger partial charge in [-0.05, 0) is 48.7 Å². The molecule has 27 heavy (non-hydrogen) atoms. The van der Waals surface area contributed by atoms with Gasteiger partial charge in [-0.3, -0.25) is 9.69 Å². The van der Waals surface area contributed by atoms with Crippen molar-refractivity contribution in [1.29, 1.82) is 0 Å². The zero-order chi connectivity index (χ0) is 19.2. The molecular formula is C20H23F2N3O2. The quantitative estimate of drug-likeness (QED) is 0.895. The number of hydrogen-bond donors (Lipinski definition) is 1. The Kier molecular flexibility index (Phi) is 5.26. The lowest BCUT2D eigenvalue weighted by molar-refractivity contribution is -0.129. The summed E-state index contributed by atoms with van der Waals surface area (Å²) in [5.41, 5.74) is 5.50. The summed E-state index contributed by atoms with van der Waals surface area (Å²) >= 11 is 0. The van der Waals surface area contributed by atoms with Crippen LogP contribution >= 0.6 is 0 Å². The molecule has 7 heteroatoms. The highest BCUT2D eigenvalue weighted by Crippen LogP contribution is 2.42. The van der Waals surface area contributed by atoms with Crippen LogP contribution in [0.3, 0.4) is 0 Å². The molecule has 0 saturated heterocycles. The van der Waals surface area contributed by atoms with Crippen LogP contribution in [0.25, 0.3) is 0 Å². The number of benzene rings is 2. The molecule has 1 aliphatic rings. The number of ether oxygens (including phenoxy) is 1. The number of hydrogen-bond acceptors (Lipinski definition) is 4. The number of aryl methyl sites for hydroxylation is 2. The number of carbonyl (C=O) groups excluding carboxylic acids is 1. The Balaban J connectivity index is 0.00000261. The van der Waals surface area contributed by atoms with Crippen molar-refractivity contribution in [3.05, 3.63) is 64.2 Å². The summed E-state index contributed by atoms with van der Waals surface area (Å²) in [7, 11) is 3.00. The van der Waals surface area contributed by atoms with Crippen LogP contribution in [0.5, 0.6) is 5.75 Å². The largest absolute Gasteiger partial charge is 0.496 e. The maximum atomic E-state index is 14.7. The standard InChI is InChI=1S/C19H19F2N3O2.CH4/c1-10-8-13(15(21)9-14(10)20)19(17(25)24(3)18(22)23-19)12-5-6-16(26-4)11(2)7-12;/h5-9H,1-4H3,(H2,22,23);1H4. The first-order valence-corrected chi connectivity index (χ1v) is 7.97. The van der Waals surface area contributed by atoms with Gasteiger partial charge in [0.05, 0.1) is 7.11 Å². The molecule has 1 atom stereocenters. The first-order chi connectivity index (χ1) is 12.2. The molecule has 1 amide bonds. The molecule has 3 rings (SSSR count). The van der Waals surface area contributed by atoms with Gasteiger partial charge in [0.2, 0.25) is 0 Å². The number of amides is 1. The van der Waals surface area contributed by atoms with Crippen LogP contribution < -0.4 is 10.5 Å². The Bertz CT molecular complexity index is 943. The fraction of sp³-hybridized carbons (Fsp3) is 0.300. The van der Waals surface area contributed by atoms with E-state index in [1.165, 1.54) is 27.1 Å². The predicted molar refractivity (Wildman–Crippen MR) is 101 cm³/mol. The smallest absolute Gasteiger partial charge is 0.266 e. The van der Waals surface area contributed by atoms with E-state index in [0.717, 1.165) is 16.5 Å². The molecule has 0 fully saturated rings. The zero-order valence-corrected chi connectivity index (χ0v) is 14.9. The van der Waals surface area contributed by atoms with Gasteiger partial charge in [-0.25, -0.2) is 13.8 Å². The van der Waals surface area contributed by atoms with Crippen molar-refractivity contribution in [3.8, 4) is 5.75 Å². The number of methoxy groups -OCH3 is 1. The molecule has 0 aromatic heterocycles. The van der Waals surface area contributed by atoms with Gasteiger partial charge in [0.25, 0.3) is 5.91 Å². The molecule has 2 N–H and O–H groups in total. The van der Waals surface area contributed by atoms with Gasteiger partial charge >= 0.3 is 0 Å². The van der Waals surface area contributed by atoms with Gasteiger partial charge in [0.1, 0.15) is 17.4 Å². The highest BCUT2D eigenvalue weighted by molar-refractivity contribution is 6.09. The molecule has 2 aromatic carbocycles. The average molecular weight is 375 g/mol. The van der Waals surface area contributed by atoms with Crippen molar-refractivity contribution < 1.29 is 18.3 Å². The first-order valence-electron chi connectivity index (χ1n) is 7.97. The summed E-state index contributed by atoms with van der Waals surface area (Å²) in [5.74, 6) is -1.48. The van der Waals surface area contributed by atoms with Crippen LogP contribution in [0.2, 0.25) is 0 Å². The number of carbonyl (C=O) groups is 1. The number of nitrogens with two attached hydrogens (primary N) is 1. The van der Waals surface area contributed by atoms with Crippen LogP contribution in [-0.4, -0.2) is 30.9 Å². The molecule has 0 bridgehead atoms. The second-order valence-corrected chi connectivity index (χ2v) is 6.31. The SMILES string of the molecule is C.COc1ccc(C2(c3cc(C)c(F)cc3F)N=C(N)N(C)C2=O)cc1C. The van der Waals surface area contributed by atoms with E-state index in [1.54, 1.807) is 25.1 Å². The van der Waals surface area contributed by atoms with Crippen LogP contribution in [0.4, 0.5) is 8.78 Å². The van der Waals surface area contributed by atoms with Crippen molar-refractivity contribution in [1.82, 2.24) is 4.90 Å². The molecular weight excluding hydrogens is 352 g/mol. The highest BCUT2D eigenvalue weighted by atomic mass is 19.1. The Morgan fingerprint density at radius 3 is 2.30 bits per heavy atom. The van der Waals surface area contributed by atoms with E-state index in [0.29, 0.717) is 11.3 Å². The van der Waals surface area contributed by atoms with E-state index in [-0.39, 0.29) is 24.5 Å². The Hall–Kier alpha value is -2.96. The number of nitrogens with zero attached hydrogens (tertiary/aromatic N) is 2. The van der Waals surface area contributed by atoms with Crippen LogP contribution in [0, 0.1) is 25.5 Å². The number of guanidine groups is 1. The molecule has 0 spiro atoms. The zero-order valence-electron chi connectivity index (χ0n) is 14.9. The Labute approximate surface area is 157 Å². The van der Waals surface area contributed by atoms with E-state index in [1.807, 2.05) is 0 Å². The maximum absolute atomic E-state index is 14.7. The lowest BCUT2D eigenvalue weighted by atomic mass is 9.81. The predicted octanol–water partition coefficient (Wildman–Crippen LogP) is 3.26. The number of rotatable bonds is 3. The summed E-state index contributed by atoms with van der Waals surface area (Å²) in [4.78, 5) is 18.6. The van der Waals surface area contributed by atoms with Crippen molar-refractivity contribution >= 4 is 11.9 Å². The van der Waals surface area contributed by atoms with E-state index in [2.05, 4.69) is 4.99 Å². The van der Waals surface area contributed by atoms with Crippen molar-refractivity contribution in [2.24, 2.45) is 10.7 Å². The third-order valence-corrected chi connectivity index (χ3v) is 4.69. The number of halogens is 2. The van der Waals surface area contributed by atoms with Gasteiger partial charge in [0.15, 0.2) is 11.5 Å². The lowest BCUT2D eigenvalue weighted by Crippen LogP contribution is -2.41. The molecule has 1 aliphatic heterocycles. The second kappa shape index (κ2) is 6.98. The third-order valence-electron chi connectivity index (χ3n) is 4.69. The third kappa shape index (κ3) is 2.93. The fourth-order valence-corrected chi connectivity index (χ4v) is 3.20. The van der Waals surface area contributed by atoms with Crippen molar-refractivity contribution in [3.63, 3.8) is 0 Å². The molecule has 0 saturated carbocycles. The molecule has 5 nitrogen and oxygen atoms in total. The summed E-state index contributed by atoms with van der Waals surface area (Å²) in [6.07, 6.45) is 0. The Morgan fingerprint density at radius 2 is 1.78 bits per heavy atom. The minimum Gasteiger partial charge on any atom is -0.496 e. The molecule has 144 valence electrons. The van der Waals surface area contributed by atoms with E-state index in [9.17, 15) is 13.6 Å². The normalized spacial score (nSPS) is 19.0.